The Morgan fingerprint density at radius 3 is 2.59 bits per heavy atom. The fraction of sp³-hybridized carbons (Fsp3) is 0.368. The van der Waals surface area contributed by atoms with Crippen molar-refractivity contribution in [1.82, 2.24) is 15.3 Å². The zero-order valence-electron chi connectivity index (χ0n) is 15.9. The van der Waals surface area contributed by atoms with E-state index in [-0.39, 0.29) is 24.3 Å². The lowest BCUT2D eigenvalue weighted by molar-refractivity contribution is -0.117. The van der Waals surface area contributed by atoms with E-state index >= 15 is 0 Å². The number of hydrogen-bond acceptors (Lipinski definition) is 6. The summed E-state index contributed by atoms with van der Waals surface area (Å²) in [5, 5.41) is 2.92. The van der Waals surface area contributed by atoms with Crippen LogP contribution in [-0.4, -0.2) is 55.6 Å². The van der Waals surface area contributed by atoms with Gasteiger partial charge in [-0.15, -0.1) is 0 Å². The third kappa shape index (κ3) is 3.99. The summed E-state index contributed by atoms with van der Waals surface area (Å²) >= 11 is 0. The number of hydrogen-bond donors (Lipinski definition) is 1. The molecule has 2 aromatic rings. The van der Waals surface area contributed by atoms with Gasteiger partial charge in [0.25, 0.3) is 5.91 Å². The van der Waals surface area contributed by atoms with E-state index in [2.05, 4.69) is 15.3 Å². The first-order chi connectivity index (χ1) is 12.9. The summed E-state index contributed by atoms with van der Waals surface area (Å²) < 4.78 is 5.14. The maximum absolute atomic E-state index is 12.6. The second-order valence-electron chi connectivity index (χ2n) is 6.64. The SMILES string of the molecule is COc1ccc(N2C[C@@H](NC(=O)c3cnc(N(C)C)nc3C)CC2=O)cc1. The molecule has 0 aliphatic carbocycles. The van der Waals surface area contributed by atoms with Crippen molar-refractivity contribution in [1.29, 1.82) is 0 Å². The third-order valence-electron chi connectivity index (χ3n) is 4.46. The zero-order valence-corrected chi connectivity index (χ0v) is 15.9. The zero-order chi connectivity index (χ0) is 19.6. The van der Waals surface area contributed by atoms with Crippen LogP contribution in [0.4, 0.5) is 11.6 Å². The number of carbonyl (C=O) groups excluding carboxylic acids is 2. The Kier molecular flexibility index (Phi) is 5.25. The minimum atomic E-state index is -0.271. The molecule has 1 atom stereocenters. The highest BCUT2D eigenvalue weighted by Gasteiger charge is 2.32. The van der Waals surface area contributed by atoms with Gasteiger partial charge in [0.2, 0.25) is 11.9 Å². The molecule has 0 spiro atoms. The van der Waals surface area contributed by atoms with E-state index < -0.39 is 0 Å². The summed E-state index contributed by atoms with van der Waals surface area (Å²) in [6, 6.07) is 7.01. The fourth-order valence-electron chi connectivity index (χ4n) is 2.97. The van der Waals surface area contributed by atoms with Gasteiger partial charge in [-0.1, -0.05) is 0 Å². The highest BCUT2D eigenvalue weighted by atomic mass is 16.5. The molecule has 0 radical (unpaired) electrons. The fourth-order valence-corrected chi connectivity index (χ4v) is 2.97. The van der Waals surface area contributed by atoms with Crippen molar-refractivity contribution in [2.24, 2.45) is 0 Å². The Labute approximate surface area is 158 Å². The molecule has 8 heteroatoms. The highest BCUT2D eigenvalue weighted by Crippen LogP contribution is 2.24. The van der Waals surface area contributed by atoms with Crippen molar-refractivity contribution in [3.05, 3.63) is 41.7 Å². The van der Waals surface area contributed by atoms with E-state index in [1.807, 2.05) is 38.4 Å². The molecule has 2 amide bonds. The van der Waals surface area contributed by atoms with Gasteiger partial charge in [-0.3, -0.25) is 9.59 Å². The summed E-state index contributed by atoms with van der Waals surface area (Å²) in [5.74, 6) is 0.978. The summed E-state index contributed by atoms with van der Waals surface area (Å²) in [6.45, 7) is 2.19. The largest absolute Gasteiger partial charge is 0.497 e. The number of methoxy groups -OCH3 is 1. The Bertz CT molecular complexity index is 851. The molecular weight excluding hydrogens is 346 g/mol. The number of rotatable bonds is 5. The number of benzene rings is 1. The summed E-state index contributed by atoms with van der Waals surface area (Å²) in [7, 11) is 5.27. The van der Waals surface area contributed by atoms with Gasteiger partial charge < -0.3 is 19.9 Å². The molecule has 2 heterocycles. The van der Waals surface area contributed by atoms with E-state index in [9.17, 15) is 9.59 Å². The molecule has 0 unspecified atom stereocenters. The van der Waals surface area contributed by atoms with Gasteiger partial charge in [0, 0.05) is 38.9 Å². The molecule has 0 saturated carbocycles. The first-order valence-electron chi connectivity index (χ1n) is 8.65. The van der Waals surface area contributed by atoms with E-state index in [1.54, 1.807) is 23.8 Å². The maximum atomic E-state index is 12.6. The molecule has 1 aromatic carbocycles. The lowest BCUT2D eigenvalue weighted by atomic mass is 10.2. The smallest absolute Gasteiger partial charge is 0.254 e. The molecule has 1 aromatic heterocycles. The van der Waals surface area contributed by atoms with Crippen LogP contribution in [-0.2, 0) is 4.79 Å². The Balaban J connectivity index is 1.68. The minimum Gasteiger partial charge on any atom is -0.497 e. The summed E-state index contributed by atoms with van der Waals surface area (Å²) in [4.78, 5) is 36.9. The van der Waals surface area contributed by atoms with Gasteiger partial charge in [-0.25, -0.2) is 9.97 Å². The van der Waals surface area contributed by atoms with Crippen molar-refractivity contribution >= 4 is 23.5 Å². The first-order valence-corrected chi connectivity index (χ1v) is 8.65. The number of carbonyl (C=O) groups is 2. The predicted octanol–water partition coefficient (Wildman–Crippen LogP) is 1.39. The van der Waals surface area contributed by atoms with E-state index in [1.165, 1.54) is 6.20 Å². The molecule has 142 valence electrons. The van der Waals surface area contributed by atoms with Gasteiger partial charge >= 0.3 is 0 Å². The molecule has 27 heavy (non-hydrogen) atoms. The average molecular weight is 369 g/mol. The number of nitrogens with zero attached hydrogens (tertiary/aromatic N) is 4. The highest BCUT2D eigenvalue weighted by molar-refractivity contribution is 5.99. The van der Waals surface area contributed by atoms with Crippen LogP contribution in [0.1, 0.15) is 22.5 Å². The summed E-state index contributed by atoms with van der Waals surface area (Å²) in [5.41, 5.74) is 1.80. The second-order valence-corrected chi connectivity index (χ2v) is 6.64. The Morgan fingerprint density at radius 2 is 2.00 bits per heavy atom. The van der Waals surface area contributed by atoms with Gasteiger partial charge in [-0.2, -0.15) is 0 Å². The predicted molar refractivity (Wildman–Crippen MR) is 102 cm³/mol. The minimum absolute atomic E-state index is 0.0265. The number of ether oxygens (including phenoxy) is 1. The quantitative estimate of drug-likeness (QED) is 0.857. The van der Waals surface area contributed by atoms with Crippen LogP contribution in [0.2, 0.25) is 0 Å². The van der Waals surface area contributed by atoms with Crippen molar-refractivity contribution in [3.63, 3.8) is 0 Å². The van der Waals surface area contributed by atoms with Crippen LogP contribution in [0.5, 0.6) is 5.75 Å². The van der Waals surface area contributed by atoms with E-state index in [0.29, 0.717) is 23.8 Å². The second kappa shape index (κ2) is 7.61. The van der Waals surface area contributed by atoms with E-state index in [0.717, 1.165) is 11.4 Å². The maximum Gasteiger partial charge on any atom is 0.254 e. The lowest BCUT2D eigenvalue weighted by Crippen LogP contribution is -2.37. The topological polar surface area (TPSA) is 87.7 Å². The Morgan fingerprint density at radius 1 is 1.30 bits per heavy atom. The monoisotopic (exact) mass is 369 g/mol. The first kappa shape index (κ1) is 18.6. The van der Waals surface area contributed by atoms with E-state index in [4.69, 9.17) is 4.74 Å². The summed E-state index contributed by atoms with van der Waals surface area (Å²) in [6.07, 6.45) is 1.78. The van der Waals surface area contributed by atoms with Crippen LogP contribution in [0.3, 0.4) is 0 Å². The average Bonchev–Trinajstić information content (AvgIpc) is 3.01. The van der Waals surface area contributed by atoms with Gasteiger partial charge in [0.15, 0.2) is 0 Å². The number of nitrogens with one attached hydrogen (secondary N) is 1. The van der Waals surface area contributed by atoms with Crippen LogP contribution in [0, 0.1) is 6.92 Å². The van der Waals surface area contributed by atoms with Crippen molar-refractivity contribution < 1.29 is 14.3 Å². The molecule has 1 N–H and O–H groups in total. The molecule has 3 rings (SSSR count). The molecule has 1 fully saturated rings. The van der Waals surface area contributed by atoms with Crippen LogP contribution < -0.4 is 19.9 Å². The lowest BCUT2D eigenvalue weighted by Gasteiger charge is -2.18. The van der Waals surface area contributed by atoms with Crippen molar-refractivity contribution in [3.8, 4) is 5.75 Å². The van der Waals surface area contributed by atoms with Crippen LogP contribution in [0.25, 0.3) is 0 Å². The number of aromatic nitrogens is 2. The van der Waals surface area contributed by atoms with Gasteiger partial charge in [0.1, 0.15) is 5.75 Å². The van der Waals surface area contributed by atoms with Gasteiger partial charge in [0.05, 0.1) is 24.4 Å². The molecule has 1 aliphatic rings. The van der Waals surface area contributed by atoms with Crippen molar-refractivity contribution in [2.75, 3.05) is 37.5 Å². The number of aryl methyl sites for hydroxylation is 1. The number of amides is 2. The molecule has 1 aliphatic heterocycles. The molecule has 0 bridgehead atoms. The van der Waals surface area contributed by atoms with Gasteiger partial charge in [-0.05, 0) is 31.2 Å². The molecule has 1 saturated heterocycles. The Hall–Kier alpha value is -3.16. The third-order valence-corrected chi connectivity index (χ3v) is 4.46. The normalized spacial score (nSPS) is 16.4. The van der Waals surface area contributed by atoms with Crippen molar-refractivity contribution in [2.45, 2.75) is 19.4 Å². The number of anilines is 2. The van der Waals surface area contributed by atoms with Crippen LogP contribution in [0.15, 0.2) is 30.5 Å². The standard InChI is InChI=1S/C19H23N5O3/c1-12-16(10-20-19(21-12)23(2)3)18(26)22-13-9-17(25)24(11-13)14-5-7-15(27-4)8-6-14/h5-8,10,13H,9,11H2,1-4H3,(H,22,26)/t13-/m0/s1. The molecular formula is C19H23N5O3. The van der Waals surface area contributed by atoms with Crippen LogP contribution >= 0.6 is 0 Å². The molecule has 8 nitrogen and oxygen atoms in total.